The Bertz CT molecular complexity index is 2030. The van der Waals surface area contributed by atoms with Crippen LogP contribution in [0.1, 0.15) is 89.7 Å². The minimum Gasteiger partial charge on any atom is -0.492 e. The van der Waals surface area contributed by atoms with Gasteiger partial charge in [0.1, 0.15) is 41.7 Å². The van der Waals surface area contributed by atoms with Crippen LogP contribution in [0, 0.1) is 5.92 Å². The van der Waals surface area contributed by atoms with Crippen molar-refractivity contribution >= 4 is 39.9 Å². The van der Waals surface area contributed by atoms with Gasteiger partial charge >= 0.3 is 12.2 Å². The van der Waals surface area contributed by atoms with Crippen LogP contribution in [0.25, 0.3) is 0 Å². The second kappa shape index (κ2) is 16.6. The topological polar surface area (TPSA) is 208 Å². The van der Waals surface area contributed by atoms with Crippen molar-refractivity contribution in [2.24, 2.45) is 5.92 Å². The van der Waals surface area contributed by atoms with Gasteiger partial charge in [-0.05, 0) is 82.6 Å². The van der Waals surface area contributed by atoms with E-state index >= 15 is 0 Å². The van der Waals surface area contributed by atoms with Gasteiger partial charge in [-0.2, -0.15) is 0 Å². The molecule has 3 fully saturated rings. The minimum atomic E-state index is -3.92. The molecular formula is C40H53N7O10S. The van der Waals surface area contributed by atoms with Crippen molar-refractivity contribution < 1.29 is 46.6 Å². The molecule has 1 aromatic heterocycles. The maximum Gasteiger partial charge on any atom is 0.410 e. The van der Waals surface area contributed by atoms with Crippen molar-refractivity contribution in [1.29, 1.82) is 0 Å². The highest BCUT2D eigenvalue weighted by atomic mass is 32.2. The standard InChI is InChI=1S/C40H53N7O10S/c1-39(2,3)57-37(51)42-32-10-8-6-4-5-7-9-28-21-40(28,36(50)44-58(53,54)31-13-14-31)43-34(48)33-20-30(24-47(33)35(32)49)56-38(52)46-22-26-11-12-29(19-27(26)23-46)55-18-17-45-16-15-41-25-45/h7,9,11-12,15-16,19,25,28,30-33H,4-6,8,10,13-14,17-18,20-24H2,1-3H3,(H,42,51)(H,43,48)(H,44,50)/t28-,30-,32+,33?,40-/m1/s1. The number of amides is 5. The quantitative estimate of drug-likeness (QED) is 0.313. The van der Waals surface area contributed by atoms with Crippen LogP contribution >= 0.6 is 0 Å². The molecule has 17 nitrogen and oxygen atoms in total. The van der Waals surface area contributed by atoms with E-state index in [4.69, 9.17) is 14.2 Å². The number of alkyl carbamates (subject to hydrolysis) is 1. The molecule has 1 saturated heterocycles. The molecule has 5 aliphatic rings. The van der Waals surface area contributed by atoms with Crippen molar-refractivity contribution in [3.63, 3.8) is 0 Å². The monoisotopic (exact) mass is 823 g/mol. The van der Waals surface area contributed by atoms with Gasteiger partial charge in [-0.3, -0.25) is 24.0 Å². The fourth-order valence-electron chi connectivity index (χ4n) is 7.79. The Labute approximate surface area is 338 Å². The van der Waals surface area contributed by atoms with Crippen molar-refractivity contribution in [3.8, 4) is 5.75 Å². The molecule has 0 spiro atoms. The van der Waals surface area contributed by atoms with Crippen molar-refractivity contribution in [3.05, 3.63) is 60.2 Å². The molecule has 3 N–H and O–H groups in total. The van der Waals surface area contributed by atoms with E-state index < -0.39 is 80.4 Å². The van der Waals surface area contributed by atoms with Gasteiger partial charge < -0.3 is 34.3 Å². The Morgan fingerprint density at radius 1 is 1.05 bits per heavy atom. The number of sulfonamides is 1. The number of rotatable bonds is 9. The predicted molar refractivity (Wildman–Crippen MR) is 208 cm³/mol. The number of hydrogen-bond acceptors (Lipinski definition) is 11. The molecule has 314 valence electrons. The van der Waals surface area contributed by atoms with Gasteiger partial charge in [-0.1, -0.05) is 31.1 Å². The van der Waals surface area contributed by atoms with Gasteiger partial charge in [0.25, 0.3) is 5.91 Å². The normalized spacial score (nSPS) is 26.3. The minimum absolute atomic E-state index is 0.0866. The molecule has 1 unspecified atom stereocenters. The molecule has 0 bridgehead atoms. The number of hydrogen-bond donors (Lipinski definition) is 3. The van der Waals surface area contributed by atoms with E-state index in [0.29, 0.717) is 51.1 Å². The fourth-order valence-corrected chi connectivity index (χ4v) is 9.16. The summed E-state index contributed by atoms with van der Waals surface area (Å²) < 4.78 is 47.2. The molecule has 7 rings (SSSR count). The summed E-state index contributed by atoms with van der Waals surface area (Å²) in [5, 5.41) is 4.88. The maximum atomic E-state index is 14.4. The van der Waals surface area contributed by atoms with E-state index in [9.17, 15) is 32.4 Å². The summed E-state index contributed by atoms with van der Waals surface area (Å²) >= 11 is 0. The molecule has 0 radical (unpaired) electrons. The van der Waals surface area contributed by atoms with Crippen LogP contribution in [-0.2, 0) is 53.5 Å². The van der Waals surface area contributed by atoms with Gasteiger partial charge in [0.2, 0.25) is 21.8 Å². The second-order valence-electron chi connectivity index (χ2n) is 16.9. The number of fused-ring (bicyclic) bond motifs is 3. The van der Waals surface area contributed by atoms with Gasteiger partial charge in [0.15, 0.2) is 0 Å². The van der Waals surface area contributed by atoms with Crippen molar-refractivity contribution in [2.75, 3.05) is 13.2 Å². The molecule has 4 heterocycles. The lowest BCUT2D eigenvalue weighted by molar-refractivity contribution is -0.141. The highest BCUT2D eigenvalue weighted by molar-refractivity contribution is 7.91. The van der Waals surface area contributed by atoms with Crippen LogP contribution in [0.15, 0.2) is 49.1 Å². The first-order chi connectivity index (χ1) is 27.6. The fraction of sp³-hybridized carbons (Fsp3) is 0.600. The molecule has 18 heteroatoms. The number of ether oxygens (including phenoxy) is 3. The van der Waals surface area contributed by atoms with Gasteiger partial charge in [-0.15, -0.1) is 0 Å². The number of carbonyl (C=O) groups excluding carboxylic acids is 5. The summed E-state index contributed by atoms with van der Waals surface area (Å²) in [6.07, 6.45) is 10.7. The van der Waals surface area contributed by atoms with Gasteiger partial charge in [0.05, 0.1) is 24.7 Å². The summed E-state index contributed by atoms with van der Waals surface area (Å²) in [6.45, 7) is 6.60. The summed E-state index contributed by atoms with van der Waals surface area (Å²) in [5.74, 6) is -1.87. The molecule has 58 heavy (non-hydrogen) atoms. The summed E-state index contributed by atoms with van der Waals surface area (Å²) in [7, 11) is -3.92. The largest absolute Gasteiger partial charge is 0.492 e. The third-order valence-corrected chi connectivity index (χ3v) is 13.0. The van der Waals surface area contributed by atoms with Crippen LogP contribution in [0.3, 0.4) is 0 Å². The molecule has 2 aliphatic carbocycles. The molecule has 2 saturated carbocycles. The van der Waals surface area contributed by atoms with E-state index in [2.05, 4.69) is 20.3 Å². The summed E-state index contributed by atoms with van der Waals surface area (Å²) in [6, 6.07) is 3.39. The number of imidazole rings is 1. The van der Waals surface area contributed by atoms with Crippen LogP contribution in [0.5, 0.6) is 5.75 Å². The van der Waals surface area contributed by atoms with Gasteiger partial charge in [0, 0.05) is 37.8 Å². The zero-order valence-corrected chi connectivity index (χ0v) is 34.0. The van der Waals surface area contributed by atoms with Crippen molar-refractivity contribution in [1.82, 2.24) is 34.7 Å². The second-order valence-corrected chi connectivity index (χ2v) is 18.9. The van der Waals surface area contributed by atoms with Crippen LogP contribution < -0.4 is 20.1 Å². The molecule has 5 amide bonds. The zero-order chi connectivity index (χ0) is 41.2. The van der Waals surface area contributed by atoms with E-state index in [1.807, 2.05) is 41.1 Å². The molecule has 3 aliphatic heterocycles. The third kappa shape index (κ3) is 9.76. The number of carbonyl (C=O) groups is 5. The average molecular weight is 824 g/mol. The lowest BCUT2D eigenvalue weighted by Crippen LogP contribution is -2.58. The molecule has 5 atom stereocenters. The van der Waals surface area contributed by atoms with E-state index in [1.165, 1.54) is 9.80 Å². The first-order valence-corrected chi connectivity index (χ1v) is 21.7. The Morgan fingerprint density at radius 3 is 2.59 bits per heavy atom. The Hall–Kier alpha value is -5.13. The summed E-state index contributed by atoms with van der Waals surface area (Å²) in [5.41, 5.74) is -0.537. The predicted octanol–water partition coefficient (Wildman–Crippen LogP) is 3.28. The highest BCUT2D eigenvalue weighted by Gasteiger charge is 2.62. The average Bonchev–Trinajstić information content (AvgIpc) is 3.94. The number of nitrogens with one attached hydrogen (secondary N) is 3. The SMILES string of the molecule is CC(C)(C)OC(=O)N[C@H]1CCCCCC=C[C@@H]2C[C@@]2(C(=O)NS(=O)(=O)C2CC2)NC(=O)C2C[C@@H](OC(=O)N3Cc4ccc(OCCn5ccnc5)cc4C3)CN2C1=O. The highest BCUT2D eigenvalue weighted by Crippen LogP contribution is 2.46. The van der Waals surface area contributed by atoms with Crippen LogP contribution in [0.2, 0.25) is 0 Å². The maximum absolute atomic E-state index is 14.4. The number of benzene rings is 1. The molecule has 1 aromatic carbocycles. The lowest BCUT2D eigenvalue weighted by atomic mass is 10.0. The zero-order valence-electron chi connectivity index (χ0n) is 33.2. The Kier molecular flexibility index (Phi) is 11.8. The first-order valence-electron chi connectivity index (χ1n) is 20.1. The smallest absolute Gasteiger partial charge is 0.410 e. The number of allylic oxidation sites excluding steroid dienone is 1. The Morgan fingerprint density at radius 2 is 1.84 bits per heavy atom. The van der Waals surface area contributed by atoms with E-state index in [0.717, 1.165) is 24.0 Å². The lowest BCUT2D eigenvalue weighted by Gasteiger charge is -2.30. The van der Waals surface area contributed by atoms with E-state index in [1.54, 1.807) is 33.3 Å². The number of aromatic nitrogens is 2. The Balaban J connectivity index is 1.07. The van der Waals surface area contributed by atoms with Gasteiger partial charge in [-0.25, -0.2) is 23.0 Å². The number of nitrogens with zero attached hydrogens (tertiary/aromatic N) is 4. The first kappa shape index (κ1) is 41.0. The van der Waals surface area contributed by atoms with Crippen molar-refractivity contribution in [2.45, 2.75) is 133 Å². The third-order valence-electron chi connectivity index (χ3n) is 11.1. The molecular weight excluding hydrogens is 771 g/mol. The summed E-state index contributed by atoms with van der Waals surface area (Å²) in [4.78, 5) is 76.0. The van der Waals surface area contributed by atoms with Crippen LogP contribution in [-0.4, -0.2) is 105 Å². The molecule has 2 aromatic rings. The van der Waals surface area contributed by atoms with E-state index in [-0.39, 0.29) is 32.4 Å². The van der Waals surface area contributed by atoms with Crippen LogP contribution in [0.4, 0.5) is 9.59 Å².